The minimum atomic E-state index is -1.17. The lowest BCUT2D eigenvalue weighted by Gasteiger charge is -2.12. The van der Waals surface area contributed by atoms with Crippen molar-refractivity contribution < 1.29 is 19.4 Å². The molecule has 0 heterocycles. The van der Waals surface area contributed by atoms with Crippen LogP contribution in [0.2, 0.25) is 0 Å². The van der Waals surface area contributed by atoms with Crippen LogP contribution in [0, 0.1) is 0 Å². The molecule has 4 heteroatoms. The molecule has 0 amide bonds. The summed E-state index contributed by atoms with van der Waals surface area (Å²) in [6, 6.07) is 9.58. The number of carbonyl (C=O) groups excluding carboxylic acids is 1. The summed E-state index contributed by atoms with van der Waals surface area (Å²) in [6.45, 7) is 1.74. The molecule has 0 aliphatic carbocycles. The van der Waals surface area contributed by atoms with Crippen molar-refractivity contribution in [2.75, 3.05) is 0 Å². The number of ether oxygens (including phenoxy) is 1. The van der Waals surface area contributed by atoms with E-state index >= 15 is 0 Å². The SMILES string of the molecule is CC(Cc1ccccc1)OC(=O)CC(=O)O. The van der Waals surface area contributed by atoms with Crippen LogP contribution in [0.3, 0.4) is 0 Å². The monoisotopic (exact) mass is 222 g/mol. The molecule has 0 aliphatic heterocycles. The second-order valence-electron chi connectivity index (χ2n) is 3.56. The Labute approximate surface area is 93.9 Å². The normalized spacial score (nSPS) is 11.8. The molecular weight excluding hydrogens is 208 g/mol. The highest BCUT2D eigenvalue weighted by Crippen LogP contribution is 2.06. The molecule has 1 atom stereocenters. The minimum Gasteiger partial charge on any atom is -0.481 e. The third-order valence-corrected chi connectivity index (χ3v) is 1.99. The molecule has 0 aromatic heterocycles. The van der Waals surface area contributed by atoms with Crippen LogP contribution in [-0.4, -0.2) is 23.1 Å². The Balaban J connectivity index is 2.39. The summed E-state index contributed by atoms with van der Waals surface area (Å²) < 4.78 is 4.95. The summed E-state index contributed by atoms with van der Waals surface area (Å²) >= 11 is 0. The quantitative estimate of drug-likeness (QED) is 0.607. The zero-order valence-corrected chi connectivity index (χ0v) is 9.05. The van der Waals surface area contributed by atoms with Crippen molar-refractivity contribution in [2.45, 2.75) is 25.9 Å². The predicted octanol–water partition coefficient (Wildman–Crippen LogP) is 1.64. The Morgan fingerprint density at radius 1 is 1.31 bits per heavy atom. The standard InChI is InChI=1S/C12H14O4/c1-9(16-12(15)8-11(13)14)7-10-5-3-2-4-6-10/h2-6,9H,7-8H2,1H3,(H,13,14). The first-order chi connectivity index (χ1) is 7.58. The van der Waals surface area contributed by atoms with Crippen molar-refractivity contribution >= 4 is 11.9 Å². The summed E-state index contributed by atoms with van der Waals surface area (Å²) in [5.41, 5.74) is 1.05. The van der Waals surface area contributed by atoms with E-state index in [2.05, 4.69) is 0 Å². The van der Waals surface area contributed by atoms with Crippen LogP contribution in [0.1, 0.15) is 18.9 Å². The van der Waals surface area contributed by atoms with Gasteiger partial charge in [-0.3, -0.25) is 9.59 Å². The van der Waals surface area contributed by atoms with Gasteiger partial charge in [0.05, 0.1) is 0 Å². The Morgan fingerprint density at radius 3 is 2.50 bits per heavy atom. The highest BCUT2D eigenvalue weighted by molar-refractivity contribution is 5.90. The second kappa shape index (κ2) is 5.90. The molecule has 1 N–H and O–H groups in total. The fourth-order valence-corrected chi connectivity index (χ4v) is 1.38. The minimum absolute atomic E-state index is 0.311. The molecule has 0 spiro atoms. The maximum Gasteiger partial charge on any atom is 0.317 e. The van der Waals surface area contributed by atoms with Gasteiger partial charge in [0, 0.05) is 6.42 Å². The summed E-state index contributed by atoms with van der Waals surface area (Å²) in [6.07, 6.45) is -0.306. The Morgan fingerprint density at radius 2 is 1.94 bits per heavy atom. The third kappa shape index (κ3) is 4.59. The molecule has 0 fully saturated rings. The molecule has 86 valence electrons. The van der Waals surface area contributed by atoms with Gasteiger partial charge in [-0.05, 0) is 12.5 Å². The first-order valence-corrected chi connectivity index (χ1v) is 5.03. The van der Waals surface area contributed by atoms with Gasteiger partial charge in [0.25, 0.3) is 0 Å². The van der Waals surface area contributed by atoms with Crippen molar-refractivity contribution in [3.05, 3.63) is 35.9 Å². The maximum atomic E-state index is 11.1. The van der Waals surface area contributed by atoms with Crippen LogP contribution >= 0.6 is 0 Å². The van der Waals surface area contributed by atoms with Gasteiger partial charge in [0.1, 0.15) is 12.5 Å². The number of hydrogen-bond donors (Lipinski definition) is 1. The Kier molecular flexibility index (Phi) is 4.51. The molecule has 1 aromatic carbocycles. The molecule has 0 saturated carbocycles. The van der Waals surface area contributed by atoms with Gasteiger partial charge in [-0.2, -0.15) is 0 Å². The summed E-state index contributed by atoms with van der Waals surface area (Å²) in [5, 5.41) is 8.39. The van der Waals surface area contributed by atoms with Crippen molar-refractivity contribution in [1.29, 1.82) is 0 Å². The van der Waals surface area contributed by atoms with E-state index in [0.717, 1.165) is 5.56 Å². The van der Waals surface area contributed by atoms with Gasteiger partial charge in [-0.25, -0.2) is 0 Å². The highest BCUT2D eigenvalue weighted by atomic mass is 16.5. The molecule has 4 nitrogen and oxygen atoms in total. The number of carboxylic acids is 1. The van der Waals surface area contributed by atoms with Crippen molar-refractivity contribution in [1.82, 2.24) is 0 Å². The van der Waals surface area contributed by atoms with E-state index in [1.807, 2.05) is 30.3 Å². The first kappa shape index (κ1) is 12.2. The van der Waals surface area contributed by atoms with E-state index in [9.17, 15) is 9.59 Å². The van der Waals surface area contributed by atoms with E-state index in [0.29, 0.717) is 6.42 Å². The predicted molar refractivity (Wildman–Crippen MR) is 58.0 cm³/mol. The number of hydrogen-bond acceptors (Lipinski definition) is 3. The summed E-state index contributed by atoms with van der Waals surface area (Å²) in [5.74, 6) is -1.87. The van der Waals surface area contributed by atoms with Crippen molar-refractivity contribution in [3.63, 3.8) is 0 Å². The van der Waals surface area contributed by atoms with Crippen molar-refractivity contribution in [2.24, 2.45) is 0 Å². The van der Waals surface area contributed by atoms with Gasteiger partial charge < -0.3 is 9.84 Å². The average molecular weight is 222 g/mol. The van der Waals surface area contributed by atoms with Gasteiger partial charge in [-0.15, -0.1) is 0 Å². The van der Waals surface area contributed by atoms with Crippen LogP contribution in [0.5, 0.6) is 0 Å². The van der Waals surface area contributed by atoms with Crippen LogP contribution < -0.4 is 0 Å². The first-order valence-electron chi connectivity index (χ1n) is 5.03. The smallest absolute Gasteiger partial charge is 0.317 e. The van der Waals surface area contributed by atoms with Gasteiger partial charge >= 0.3 is 11.9 Å². The average Bonchev–Trinajstić information content (AvgIpc) is 2.17. The third-order valence-electron chi connectivity index (χ3n) is 1.99. The molecule has 0 aliphatic rings. The van der Waals surface area contributed by atoms with E-state index in [-0.39, 0.29) is 6.10 Å². The molecule has 1 unspecified atom stereocenters. The van der Waals surface area contributed by atoms with E-state index in [4.69, 9.17) is 9.84 Å². The lowest BCUT2D eigenvalue weighted by molar-refractivity contribution is -0.154. The second-order valence-corrected chi connectivity index (χ2v) is 3.56. The largest absolute Gasteiger partial charge is 0.481 e. The fraction of sp³-hybridized carbons (Fsp3) is 0.333. The zero-order chi connectivity index (χ0) is 12.0. The number of aliphatic carboxylic acids is 1. The van der Waals surface area contributed by atoms with Crippen molar-refractivity contribution in [3.8, 4) is 0 Å². The van der Waals surface area contributed by atoms with E-state index < -0.39 is 18.4 Å². The Hall–Kier alpha value is -1.84. The van der Waals surface area contributed by atoms with Gasteiger partial charge in [-0.1, -0.05) is 30.3 Å². The molecule has 16 heavy (non-hydrogen) atoms. The molecular formula is C12H14O4. The van der Waals surface area contributed by atoms with Crippen LogP contribution in [-0.2, 0) is 20.7 Å². The molecule has 1 rings (SSSR count). The van der Waals surface area contributed by atoms with Crippen LogP contribution in [0.4, 0.5) is 0 Å². The van der Waals surface area contributed by atoms with E-state index in [1.54, 1.807) is 6.92 Å². The molecule has 0 saturated heterocycles. The van der Waals surface area contributed by atoms with Crippen LogP contribution in [0.15, 0.2) is 30.3 Å². The maximum absolute atomic E-state index is 11.1. The topological polar surface area (TPSA) is 63.6 Å². The number of carboxylic acid groups (broad SMARTS) is 1. The lowest BCUT2D eigenvalue weighted by atomic mass is 10.1. The summed E-state index contributed by atoms with van der Waals surface area (Å²) in [4.78, 5) is 21.3. The zero-order valence-electron chi connectivity index (χ0n) is 9.05. The van der Waals surface area contributed by atoms with Gasteiger partial charge in [0.15, 0.2) is 0 Å². The van der Waals surface area contributed by atoms with Crippen LogP contribution in [0.25, 0.3) is 0 Å². The number of rotatable bonds is 5. The highest BCUT2D eigenvalue weighted by Gasteiger charge is 2.13. The number of benzene rings is 1. The lowest BCUT2D eigenvalue weighted by Crippen LogP contribution is -2.19. The number of carbonyl (C=O) groups is 2. The fourth-order valence-electron chi connectivity index (χ4n) is 1.38. The Bertz CT molecular complexity index is 359. The molecule has 0 bridgehead atoms. The molecule has 0 radical (unpaired) electrons. The van der Waals surface area contributed by atoms with Gasteiger partial charge in [0.2, 0.25) is 0 Å². The molecule has 1 aromatic rings. The summed E-state index contributed by atoms with van der Waals surface area (Å²) in [7, 11) is 0. The van der Waals surface area contributed by atoms with E-state index in [1.165, 1.54) is 0 Å². The number of esters is 1.